The second kappa shape index (κ2) is 8.64. The average molecular weight is 413 g/mol. The van der Waals surface area contributed by atoms with Crippen molar-refractivity contribution in [1.82, 2.24) is 14.9 Å². The summed E-state index contributed by atoms with van der Waals surface area (Å²) in [6.07, 6.45) is 4.10. The molecular formula is C21H24FN5O3. The number of hydrogen-bond donors (Lipinski definition) is 2. The molecule has 2 aliphatic rings. The molecule has 8 nitrogen and oxygen atoms in total. The van der Waals surface area contributed by atoms with Gasteiger partial charge >= 0.3 is 0 Å². The number of carbonyl (C=O) groups excluding carboxylic acids is 2. The number of rotatable bonds is 7. The van der Waals surface area contributed by atoms with Crippen LogP contribution in [0.5, 0.6) is 5.88 Å². The summed E-state index contributed by atoms with van der Waals surface area (Å²) in [7, 11) is 0. The number of carbonyl (C=O) groups is 2. The van der Waals surface area contributed by atoms with Gasteiger partial charge in [-0.05, 0) is 43.5 Å². The normalized spacial score (nSPS) is 18.2. The first kappa shape index (κ1) is 20.1. The highest BCUT2D eigenvalue weighted by atomic mass is 19.1. The molecule has 2 N–H and O–H groups in total. The minimum absolute atomic E-state index is 0.0312. The summed E-state index contributed by atoms with van der Waals surface area (Å²) in [5, 5.41) is 5.93. The Morgan fingerprint density at radius 2 is 2.00 bits per heavy atom. The fourth-order valence-electron chi connectivity index (χ4n) is 3.22. The first-order valence-electron chi connectivity index (χ1n) is 10.2. The van der Waals surface area contributed by atoms with Crippen molar-refractivity contribution < 1.29 is 18.7 Å². The van der Waals surface area contributed by atoms with Crippen molar-refractivity contribution in [3.05, 3.63) is 41.8 Å². The van der Waals surface area contributed by atoms with Gasteiger partial charge in [0.05, 0.1) is 6.20 Å². The number of amides is 2. The highest BCUT2D eigenvalue weighted by Crippen LogP contribution is 2.27. The SMILES string of the molecule is CCC(=O)Nc1ccc(C(=O)N2CC[C@H](Nc3ncc(F)c(OC4CC4)n3)C2)cc1. The van der Waals surface area contributed by atoms with Gasteiger partial charge in [-0.25, -0.2) is 4.98 Å². The lowest BCUT2D eigenvalue weighted by molar-refractivity contribution is -0.115. The summed E-state index contributed by atoms with van der Waals surface area (Å²) in [6.45, 7) is 2.87. The molecule has 2 amide bonds. The molecule has 0 unspecified atom stereocenters. The molecular weight excluding hydrogens is 389 g/mol. The molecule has 1 aromatic carbocycles. The first-order valence-corrected chi connectivity index (χ1v) is 10.2. The zero-order valence-corrected chi connectivity index (χ0v) is 16.7. The molecule has 2 aromatic rings. The van der Waals surface area contributed by atoms with Gasteiger partial charge in [0.15, 0.2) is 0 Å². The summed E-state index contributed by atoms with van der Waals surface area (Å²) < 4.78 is 19.3. The van der Waals surface area contributed by atoms with Crippen molar-refractivity contribution in [2.24, 2.45) is 0 Å². The third-order valence-electron chi connectivity index (χ3n) is 5.06. The predicted molar refractivity (Wildman–Crippen MR) is 109 cm³/mol. The maximum absolute atomic E-state index is 13.8. The van der Waals surface area contributed by atoms with E-state index in [1.54, 1.807) is 36.1 Å². The summed E-state index contributed by atoms with van der Waals surface area (Å²) in [6, 6.07) is 6.83. The van der Waals surface area contributed by atoms with E-state index in [0.717, 1.165) is 25.5 Å². The van der Waals surface area contributed by atoms with Crippen LogP contribution < -0.4 is 15.4 Å². The van der Waals surface area contributed by atoms with Crippen LogP contribution in [0, 0.1) is 5.82 Å². The number of anilines is 2. The lowest BCUT2D eigenvalue weighted by atomic mass is 10.2. The van der Waals surface area contributed by atoms with Crippen molar-refractivity contribution in [2.75, 3.05) is 23.7 Å². The molecule has 1 saturated carbocycles. The molecule has 0 spiro atoms. The van der Waals surface area contributed by atoms with Crippen molar-refractivity contribution in [1.29, 1.82) is 0 Å². The Kier molecular flexibility index (Phi) is 5.78. The van der Waals surface area contributed by atoms with Gasteiger partial charge in [-0.15, -0.1) is 0 Å². The van der Waals surface area contributed by atoms with Crippen LogP contribution in [-0.2, 0) is 4.79 Å². The second-order valence-corrected chi connectivity index (χ2v) is 7.52. The third kappa shape index (κ3) is 4.84. The van der Waals surface area contributed by atoms with Crippen molar-refractivity contribution in [3.63, 3.8) is 0 Å². The Morgan fingerprint density at radius 1 is 1.23 bits per heavy atom. The molecule has 158 valence electrons. The lowest BCUT2D eigenvalue weighted by Gasteiger charge is -2.17. The molecule has 1 saturated heterocycles. The van der Waals surface area contributed by atoms with Gasteiger partial charge in [0.25, 0.3) is 11.8 Å². The molecule has 1 aliphatic carbocycles. The van der Waals surface area contributed by atoms with Gasteiger partial charge < -0.3 is 20.3 Å². The molecule has 1 aliphatic heterocycles. The monoisotopic (exact) mass is 413 g/mol. The fraction of sp³-hybridized carbons (Fsp3) is 0.429. The molecule has 0 bridgehead atoms. The predicted octanol–water partition coefficient (Wildman–Crippen LogP) is 2.83. The van der Waals surface area contributed by atoms with E-state index >= 15 is 0 Å². The minimum atomic E-state index is -0.575. The summed E-state index contributed by atoms with van der Waals surface area (Å²) in [4.78, 5) is 34.1. The van der Waals surface area contributed by atoms with Gasteiger partial charge in [-0.1, -0.05) is 6.92 Å². The quantitative estimate of drug-likeness (QED) is 0.725. The van der Waals surface area contributed by atoms with Gasteiger partial charge in [-0.2, -0.15) is 9.37 Å². The van der Waals surface area contributed by atoms with E-state index in [1.807, 2.05) is 0 Å². The van der Waals surface area contributed by atoms with Crippen LogP contribution in [0.3, 0.4) is 0 Å². The van der Waals surface area contributed by atoms with E-state index in [4.69, 9.17) is 4.74 Å². The smallest absolute Gasteiger partial charge is 0.255 e. The van der Waals surface area contributed by atoms with E-state index in [0.29, 0.717) is 36.7 Å². The number of ether oxygens (including phenoxy) is 1. The maximum atomic E-state index is 13.8. The van der Waals surface area contributed by atoms with Crippen LogP contribution in [0.15, 0.2) is 30.5 Å². The van der Waals surface area contributed by atoms with Gasteiger partial charge in [0.2, 0.25) is 17.7 Å². The molecule has 4 rings (SSSR count). The second-order valence-electron chi connectivity index (χ2n) is 7.52. The Bertz CT molecular complexity index is 933. The fourth-order valence-corrected chi connectivity index (χ4v) is 3.22. The molecule has 1 atom stereocenters. The lowest BCUT2D eigenvalue weighted by Crippen LogP contribution is -2.31. The van der Waals surface area contributed by atoms with Crippen LogP contribution in [0.1, 0.15) is 43.0 Å². The largest absolute Gasteiger partial charge is 0.472 e. The van der Waals surface area contributed by atoms with E-state index in [-0.39, 0.29) is 29.8 Å². The van der Waals surface area contributed by atoms with Crippen LogP contribution in [0.2, 0.25) is 0 Å². The van der Waals surface area contributed by atoms with Crippen LogP contribution in [-0.4, -0.2) is 51.9 Å². The zero-order valence-electron chi connectivity index (χ0n) is 16.7. The van der Waals surface area contributed by atoms with Crippen molar-refractivity contribution in [2.45, 2.75) is 44.8 Å². The van der Waals surface area contributed by atoms with E-state index in [9.17, 15) is 14.0 Å². The molecule has 9 heteroatoms. The summed E-state index contributed by atoms with van der Waals surface area (Å²) >= 11 is 0. The molecule has 30 heavy (non-hydrogen) atoms. The van der Waals surface area contributed by atoms with Crippen molar-refractivity contribution in [3.8, 4) is 5.88 Å². The van der Waals surface area contributed by atoms with Crippen molar-refractivity contribution >= 4 is 23.5 Å². The highest BCUT2D eigenvalue weighted by Gasteiger charge is 2.29. The van der Waals surface area contributed by atoms with E-state index < -0.39 is 5.82 Å². The van der Waals surface area contributed by atoms with Gasteiger partial charge in [0.1, 0.15) is 6.10 Å². The Balaban J connectivity index is 1.33. The van der Waals surface area contributed by atoms with Gasteiger partial charge in [-0.3, -0.25) is 9.59 Å². The maximum Gasteiger partial charge on any atom is 0.255 e. The Morgan fingerprint density at radius 3 is 2.70 bits per heavy atom. The molecule has 2 heterocycles. The zero-order chi connectivity index (χ0) is 21.1. The summed E-state index contributed by atoms with van der Waals surface area (Å²) in [5.41, 5.74) is 1.22. The highest BCUT2D eigenvalue weighted by molar-refractivity contribution is 5.96. The standard InChI is InChI=1S/C21H24FN5O3/c1-2-18(28)24-14-5-3-13(4-6-14)20(29)27-10-9-15(12-27)25-21-23-11-17(22)19(26-21)30-16-7-8-16/h3-6,11,15-16H,2,7-10,12H2,1H3,(H,24,28)(H,23,25,26)/t15-/m0/s1. The number of aromatic nitrogens is 2. The average Bonchev–Trinajstić information content (AvgIpc) is 3.45. The number of nitrogens with one attached hydrogen (secondary N) is 2. The number of halogens is 1. The number of benzene rings is 1. The third-order valence-corrected chi connectivity index (χ3v) is 5.06. The van der Waals surface area contributed by atoms with Crippen LogP contribution >= 0.6 is 0 Å². The minimum Gasteiger partial charge on any atom is -0.472 e. The molecule has 2 fully saturated rings. The number of hydrogen-bond acceptors (Lipinski definition) is 6. The van der Waals surface area contributed by atoms with Crippen LogP contribution in [0.25, 0.3) is 0 Å². The molecule has 0 radical (unpaired) electrons. The number of likely N-dealkylation sites (tertiary alicyclic amines) is 1. The summed E-state index contributed by atoms with van der Waals surface area (Å²) in [5.74, 6) is -0.463. The van der Waals surface area contributed by atoms with E-state index in [1.165, 1.54) is 0 Å². The number of nitrogens with zero attached hydrogens (tertiary/aromatic N) is 3. The van der Waals surface area contributed by atoms with E-state index in [2.05, 4.69) is 20.6 Å². The molecule has 1 aromatic heterocycles. The van der Waals surface area contributed by atoms with Gasteiger partial charge in [0, 0.05) is 36.8 Å². The van der Waals surface area contributed by atoms with Crippen LogP contribution in [0.4, 0.5) is 16.0 Å². The Hall–Kier alpha value is -3.23. The topological polar surface area (TPSA) is 96.5 Å². The Labute approximate surface area is 173 Å². The first-order chi connectivity index (χ1) is 14.5.